The normalized spacial score (nSPS) is 12.8. The molecular weight excluding hydrogens is 423 g/mol. The number of nitrogens with zero attached hydrogens (tertiary/aromatic N) is 4. The molecule has 0 aliphatic heterocycles. The Labute approximate surface area is 172 Å². The van der Waals surface area contributed by atoms with Gasteiger partial charge in [-0.25, -0.2) is 15.0 Å². The lowest BCUT2D eigenvalue weighted by Crippen LogP contribution is -2.33. The Morgan fingerprint density at radius 2 is 1.73 bits per heavy atom. The molecule has 0 saturated heterocycles. The van der Waals surface area contributed by atoms with Crippen molar-refractivity contribution in [2.45, 2.75) is 23.9 Å². The molecule has 0 unspecified atom stereocenters. The summed E-state index contributed by atoms with van der Waals surface area (Å²) in [4.78, 5) is 13.6. The van der Waals surface area contributed by atoms with E-state index in [0.717, 1.165) is 27.6 Å². The molecule has 4 nitrogen and oxygen atoms in total. The van der Waals surface area contributed by atoms with Crippen molar-refractivity contribution >= 4 is 33.8 Å². The fraction of sp³-hybridized carbons (Fsp3) is 0.250. The lowest BCUT2D eigenvalue weighted by atomic mass is 10.1. The Hall–Kier alpha value is -2.75. The number of rotatable bonds is 4. The average Bonchev–Trinajstić information content (AvgIpc) is 3.02. The Balaban J connectivity index is 1.92. The van der Waals surface area contributed by atoms with Crippen LogP contribution < -0.4 is 0 Å². The molecule has 30 heavy (non-hydrogen) atoms. The second kappa shape index (κ2) is 7.19. The summed E-state index contributed by atoms with van der Waals surface area (Å²) in [6.07, 6.45) is -5.18. The van der Waals surface area contributed by atoms with E-state index in [-0.39, 0.29) is 11.2 Å². The maximum Gasteiger partial charge on any atom is 0.458 e. The van der Waals surface area contributed by atoms with Gasteiger partial charge in [0.1, 0.15) is 11.2 Å². The van der Waals surface area contributed by atoms with Crippen molar-refractivity contribution in [1.29, 1.82) is 0 Å². The number of thioether (sulfide) groups is 1. The zero-order valence-corrected chi connectivity index (χ0v) is 16.7. The number of halogens is 5. The third-order valence-electron chi connectivity index (χ3n) is 4.63. The van der Waals surface area contributed by atoms with Gasteiger partial charge in [-0.15, -0.1) is 11.8 Å². The first-order valence-corrected chi connectivity index (χ1v) is 9.92. The minimum absolute atomic E-state index is 0.0590. The summed E-state index contributed by atoms with van der Waals surface area (Å²) in [6.45, 7) is 1.98. The van der Waals surface area contributed by atoms with Crippen LogP contribution in [0, 0.1) is 0 Å². The highest BCUT2D eigenvalue weighted by molar-refractivity contribution is 7.99. The fourth-order valence-corrected chi connectivity index (χ4v) is 3.94. The van der Waals surface area contributed by atoms with Gasteiger partial charge in [0.15, 0.2) is 11.5 Å². The minimum Gasteiger partial charge on any atom is -0.310 e. The number of alkyl halides is 5. The molecule has 0 aliphatic rings. The summed E-state index contributed by atoms with van der Waals surface area (Å²) in [5.41, 5.74) is 0.120. The number of imidazole rings is 1. The van der Waals surface area contributed by atoms with E-state index in [1.165, 1.54) is 11.8 Å². The van der Waals surface area contributed by atoms with E-state index in [2.05, 4.69) is 15.0 Å². The molecular formula is C20H15F5N4S. The summed E-state index contributed by atoms with van der Waals surface area (Å²) >= 11 is 1.54. The Morgan fingerprint density at radius 3 is 2.43 bits per heavy atom. The second-order valence-corrected chi connectivity index (χ2v) is 7.90. The number of pyridine rings is 2. The molecule has 10 heteroatoms. The highest BCUT2D eigenvalue weighted by Crippen LogP contribution is 2.44. The highest BCUT2D eigenvalue weighted by atomic mass is 32.2. The van der Waals surface area contributed by atoms with E-state index in [0.29, 0.717) is 17.7 Å². The van der Waals surface area contributed by atoms with Crippen molar-refractivity contribution in [2.75, 3.05) is 5.75 Å². The van der Waals surface area contributed by atoms with Gasteiger partial charge >= 0.3 is 12.1 Å². The third kappa shape index (κ3) is 3.28. The zero-order valence-electron chi connectivity index (χ0n) is 15.8. The van der Waals surface area contributed by atoms with Gasteiger partial charge in [-0.3, -0.25) is 0 Å². The molecule has 0 atom stereocenters. The van der Waals surface area contributed by atoms with Crippen LogP contribution in [0.15, 0.2) is 47.5 Å². The summed E-state index contributed by atoms with van der Waals surface area (Å²) in [5, 5.41) is 0.932. The predicted octanol–water partition coefficient (Wildman–Crippen LogP) is 5.95. The molecule has 3 heterocycles. The van der Waals surface area contributed by atoms with Gasteiger partial charge < -0.3 is 4.57 Å². The minimum atomic E-state index is -5.72. The topological polar surface area (TPSA) is 43.6 Å². The van der Waals surface area contributed by atoms with Gasteiger partial charge in [-0.2, -0.15) is 22.0 Å². The van der Waals surface area contributed by atoms with Crippen LogP contribution in [-0.4, -0.2) is 31.4 Å². The average molecular weight is 438 g/mol. The first kappa shape index (κ1) is 20.5. The number of aryl methyl sites for hydroxylation is 1. The van der Waals surface area contributed by atoms with Crippen molar-refractivity contribution in [2.24, 2.45) is 7.05 Å². The van der Waals surface area contributed by atoms with Crippen LogP contribution in [0.3, 0.4) is 0 Å². The Morgan fingerprint density at radius 1 is 1.00 bits per heavy atom. The van der Waals surface area contributed by atoms with Gasteiger partial charge in [0.2, 0.25) is 0 Å². The van der Waals surface area contributed by atoms with Crippen LogP contribution in [0.4, 0.5) is 22.0 Å². The number of hydrogen-bond acceptors (Lipinski definition) is 4. The molecule has 156 valence electrons. The predicted molar refractivity (Wildman–Crippen MR) is 106 cm³/mol. The van der Waals surface area contributed by atoms with E-state index in [9.17, 15) is 22.0 Å². The van der Waals surface area contributed by atoms with Gasteiger partial charge in [-0.05, 0) is 24.0 Å². The van der Waals surface area contributed by atoms with Crippen LogP contribution in [0.2, 0.25) is 0 Å². The Bertz CT molecular complexity index is 1250. The molecule has 0 saturated carbocycles. The highest BCUT2D eigenvalue weighted by Gasteiger charge is 2.59. The smallest absolute Gasteiger partial charge is 0.310 e. The van der Waals surface area contributed by atoms with Crippen LogP contribution in [0.25, 0.3) is 33.6 Å². The SMILES string of the molecule is CCSc1cc2ccccc2nc1-c1nc2cc(C(F)(F)C(F)(F)F)cnc2n1C. The quantitative estimate of drug-likeness (QED) is 0.292. The van der Waals surface area contributed by atoms with Crippen molar-refractivity contribution in [1.82, 2.24) is 19.5 Å². The van der Waals surface area contributed by atoms with Crippen molar-refractivity contribution in [3.05, 3.63) is 48.2 Å². The van der Waals surface area contributed by atoms with Crippen LogP contribution in [0.5, 0.6) is 0 Å². The monoisotopic (exact) mass is 438 g/mol. The number of benzene rings is 1. The van der Waals surface area contributed by atoms with Crippen molar-refractivity contribution in [3.8, 4) is 11.5 Å². The number of para-hydroxylation sites is 1. The molecule has 4 rings (SSSR count). The molecule has 4 aromatic rings. The summed E-state index contributed by atoms with van der Waals surface area (Å²) in [6, 6.07) is 10.2. The molecule has 0 N–H and O–H groups in total. The zero-order chi connectivity index (χ0) is 21.7. The van der Waals surface area contributed by atoms with Gasteiger partial charge in [0, 0.05) is 23.5 Å². The van der Waals surface area contributed by atoms with E-state index < -0.39 is 17.7 Å². The molecule has 0 radical (unpaired) electrons. The first-order chi connectivity index (χ1) is 14.1. The fourth-order valence-electron chi connectivity index (χ4n) is 3.15. The Kier molecular flexibility index (Phi) is 4.92. The summed E-state index contributed by atoms with van der Waals surface area (Å²) in [5.74, 6) is -3.92. The van der Waals surface area contributed by atoms with Crippen LogP contribution in [0.1, 0.15) is 12.5 Å². The van der Waals surface area contributed by atoms with Crippen LogP contribution >= 0.6 is 11.8 Å². The maximum atomic E-state index is 13.7. The van der Waals surface area contributed by atoms with Crippen LogP contribution in [-0.2, 0) is 13.0 Å². The first-order valence-electron chi connectivity index (χ1n) is 8.94. The standard InChI is InChI=1S/C20H15F5N4S/c1-3-30-15-8-11-6-4-5-7-13(11)27-16(15)18-28-14-9-12(10-26-17(14)29(18)2)19(21,22)20(23,24)25/h4-10H,3H2,1-2H3. The third-order valence-corrected chi connectivity index (χ3v) is 5.54. The van der Waals surface area contributed by atoms with E-state index in [4.69, 9.17) is 0 Å². The summed E-state index contributed by atoms with van der Waals surface area (Å²) in [7, 11) is 1.62. The molecule has 0 aliphatic carbocycles. The maximum absolute atomic E-state index is 13.7. The van der Waals surface area contributed by atoms with Gasteiger partial charge in [-0.1, -0.05) is 25.1 Å². The molecule has 0 fully saturated rings. The molecule has 1 aromatic carbocycles. The van der Waals surface area contributed by atoms with Gasteiger partial charge in [0.25, 0.3) is 0 Å². The second-order valence-electron chi connectivity index (χ2n) is 6.59. The molecule has 0 spiro atoms. The number of fused-ring (bicyclic) bond motifs is 2. The van der Waals surface area contributed by atoms with E-state index in [1.54, 1.807) is 11.6 Å². The lowest BCUT2D eigenvalue weighted by Gasteiger charge is -2.19. The number of hydrogen-bond donors (Lipinski definition) is 0. The molecule has 3 aromatic heterocycles. The lowest BCUT2D eigenvalue weighted by molar-refractivity contribution is -0.289. The van der Waals surface area contributed by atoms with Crippen molar-refractivity contribution in [3.63, 3.8) is 0 Å². The largest absolute Gasteiger partial charge is 0.458 e. The molecule has 0 bridgehead atoms. The van der Waals surface area contributed by atoms with Gasteiger partial charge in [0.05, 0.1) is 11.1 Å². The summed E-state index contributed by atoms with van der Waals surface area (Å²) < 4.78 is 67.2. The number of aromatic nitrogens is 4. The van der Waals surface area contributed by atoms with E-state index >= 15 is 0 Å². The van der Waals surface area contributed by atoms with Crippen molar-refractivity contribution < 1.29 is 22.0 Å². The molecule has 0 amide bonds. The van der Waals surface area contributed by atoms with E-state index in [1.807, 2.05) is 37.3 Å².